The molecule has 0 spiro atoms. The Morgan fingerprint density at radius 1 is 1.42 bits per heavy atom. The van der Waals surface area contributed by atoms with Crippen LogP contribution in [0.25, 0.3) is 11.1 Å². The van der Waals surface area contributed by atoms with Gasteiger partial charge in [0.1, 0.15) is 0 Å². The maximum Gasteiger partial charge on any atom is 0.185 e. The maximum absolute atomic E-state index is 10.3. The highest BCUT2D eigenvalue weighted by atomic mass is 32.1. The fraction of sp³-hybridized carbons (Fsp3) is 0. The van der Waals surface area contributed by atoms with Crippen LogP contribution in [0.3, 0.4) is 0 Å². The summed E-state index contributed by atoms with van der Waals surface area (Å²) in [6.07, 6.45) is 2.29. The highest BCUT2D eigenvalue weighted by Crippen LogP contribution is 2.23. The molecule has 0 bridgehead atoms. The van der Waals surface area contributed by atoms with E-state index >= 15 is 0 Å². The number of aldehydes is 1. The second-order valence-corrected chi connectivity index (χ2v) is 3.15. The lowest BCUT2D eigenvalue weighted by Gasteiger charge is -1.84. The molecule has 0 saturated carbocycles. The predicted molar refractivity (Wildman–Crippen MR) is 47.4 cm³/mol. The van der Waals surface area contributed by atoms with Crippen LogP contribution in [0.4, 0.5) is 0 Å². The summed E-state index contributed by atoms with van der Waals surface area (Å²) in [6, 6.07) is 3.72. The largest absolute Gasteiger partial charge is 0.461 e. The van der Waals surface area contributed by atoms with Gasteiger partial charge in [0.2, 0.25) is 0 Å². The predicted octanol–water partition coefficient (Wildman–Crippen LogP) is 2.82. The Morgan fingerprint density at radius 2 is 2.33 bits per heavy atom. The van der Waals surface area contributed by atoms with Gasteiger partial charge in [0.25, 0.3) is 0 Å². The summed E-state index contributed by atoms with van der Waals surface area (Å²) in [6.45, 7) is 0. The van der Waals surface area contributed by atoms with Gasteiger partial charge in [0.15, 0.2) is 12.0 Å². The number of carbonyl (C=O) groups excluding carboxylic acids is 1. The van der Waals surface area contributed by atoms with Gasteiger partial charge in [-0.25, -0.2) is 0 Å². The average molecular weight is 178 g/mol. The Hall–Kier alpha value is -1.35. The van der Waals surface area contributed by atoms with Gasteiger partial charge in [0.05, 0.1) is 6.26 Å². The van der Waals surface area contributed by atoms with Crippen LogP contribution in [0.2, 0.25) is 0 Å². The summed E-state index contributed by atoms with van der Waals surface area (Å²) in [5, 5.41) is 4.00. The number of hydrogen-bond donors (Lipinski definition) is 0. The molecule has 0 radical (unpaired) electrons. The molecular weight excluding hydrogens is 172 g/mol. The zero-order valence-corrected chi connectivity index (χ0v) is 7.01. The first-order valence-electron chi connectivity index (χ1n) is 3.46. The number of carbonyl (C=O) groups is 1. The van der Waals surface area contributed by atoms with Crippen molar-refractivity contribution in [3.63, 3.8) is 0 Å². The molecule has 0 atom stereocenters. The minimum absolute atomic E-state index is 0.371. The van der Waals surface area contributed by atoms with Gasteiger partial charge in [0, 0.05) is 5.56 Å². The lowest BCUT2D eigenvalue weighted by atomic mass is 10.2. The number of furan rings is 1. The smallest absolute Gasteiger partial charge is 0.185 e. The van der Waals surface area contributed by atoms with Gasteiger partial charge in [-0.05, 0) is 28.5 Å². The van der Waals surface area contributed by atoms with Gasteiger partial charge in [-0.2, -0.15) is 11.3 Å². The molecule has 2 aromatic heterocycles. The van der Waals surface area contributed by atoms with E-state index in [2.05, 4.69) is 0 Å². The Bertz CT molecular complexity index is 373. The molecule has 2 heterocycles. The van der Waals surface area contributed by atoms with Gasteiger partial charge in [-0.1, -0.05) is 0 Å². The molecule has 0 unspecified atom stereocenters. The number of thiophene rings is 1. The van der Waals surface area contributed by atoms with Crippen LogP contribution < -0.4 is 0 Å². The van der Waals surface area contributed by atoms with Crippen LogP contribution >= 0.6 is 11.3 Å². The van der Waals surface area contributed by atoms with Gasteiger partial charge >= 0.3 is 0 Å². The van der Waals surface area contributed by atoms with Crippen LogP contribution in [0.15, 0.2) is 33.6 Å². The zero-order valence-electron chi connectivity index (χ0n) is 6.19. The minimum Gasteiger partial charge on any atom is -0.461 e. The highest BCUT2D eigenvalue weighted by molar-refractivity contribution is 7.08. The summed E-state index contributed by atoms with van der Waals surface area (Å²) in [4.78, 5) is 10.3. The first kappa shape index (κ1) is 7.31. The van der Waals surface area contributed by atoms with Crippen LogP contribution in [0.1, 0.15) is 10.6 Å². The number of hydrogen-bond acceptors (Lipinski definition) is 3. The van der Waals surface area contributed by atoms with E-state index in [0.717, 1.165) is 11.1 Å². The van der Waals surface area contributed by atoms with E-state index in [1.165, 1.54) is 0 Å². The van der Waals surface area contributed by atoms with Crippen LogP contribution in [-0.2, 0) is 0 Å². The van der Waals surface area contributed by atoms with Crippen LogP contribution in [-0.4, -0.2) is 6.29 Å². The van der Waals surface area contributed by atoms with E-state index < -0.39 is 0 Å². The standard InChI is InChI=1S/C9H6O2S/c10-4-9-3-8(5-11-9)7-1-2-12-6-7/h1-6H. The molecule has 2 aromatic rings. The first-order valence-corrected chi connectivity index (χ1v) is 4.41. The molecule has 0 saturated heterocycles. The molecule has 3 heteroatoms. The van der Waals surface area contributed by atoms with Crippen LogP contribution in [0.5, 0.6) is 0 Å². The molecule has 0 aliphatic carbocycles. The van der Waals surface area contributed by atoms with Crippen molar-refractivity contribution in [3.05, 3.63) is 34.9 Å². The minimum atomic E-state index is 0.371. The summed E-state index contributed by atoms with van der Waals surface area (Å²) in [5.74, 6) is 0.371. The third kappa shape index (κ3) is 1.19. The first-order chi connectivity index (χ1) is 5.90. The lowest BCUT2D eigenvalue weighted by molar-refractivity contribution is 0.110. The molecule has 0 aromatic carbocycles. The molecule has 2 rings (SSSR count). The molecule has 0 aliphatic heterocycles. The molecule has 60 valence electrons. The molecule has 0 aliphatic rings. The molecule has 0 N–H and O–H groups in total. The van der Waals surface area contributed by atoms with E-state index in [0.29, 0.717) is 12.0 Å². The quantitative estimate of drug-likeness (QED) is 0.662. The Morgan fingerprint density at radius 3 is 2.92 bits per heavy atom. The van der Waals surface area contributed by atoms with Crippen molar-refractivity contribution in [2.75, 3.05) is 0 Å². The monoisotopic (exact) mass is 178 g/mol. The molecule has 2 nitrogen and oxygen atoms in total. The van der Waals surface area contributed by atoms with E-state index in [9.17, 15) is 4.79 Å². The summed E-state index contributed by atoms with van der Waals surface area (Å²) < 4.78 is 4.97. The maximum atomic E-state index is 10.3. The second kappa shape index (κ2) is 2.95. The van der Waals surface area contributed by atoms with Gasteiger partial charge < -0.3 is 4.42 Å². The lowest BCUT2D eigenvalue weighted by Crippen LogP contribution is -1.68. The van der Waals surface area contributed by atoms with Crippen molar-refractivity contribution in [3.8, 4) is 11.1 Å². The second-order valence-electron chi connectivity index (χ2n) is 2.37. The Balaban J connectivity index is 2.41. The van der Waals surface area contributed by atoms with E-state index in [1.54, 1.807) is 23.7 Å². The van der Waals surface area contributed by atoms with Crippen molar-refractivity contribution in [2.45, 2.75) is 0 Å². The van der Waals surface area contributed by atoms with Crippen molar-refractivity contribution >= 4 is 17.6 Å². The third-order valence-electron chi connectivity index (χ3n) is 1.59. The Labute approximate surface area is 73.4 Å². The normalized spacial score (nSPS) is 10.0. The highest BCUT2D eigenvalue weighted by Gasteiger charge is 2.02. The summed E-state index contributed by atoms with van der Waals surface area (Å²) >= 11 is 1.62. The van der Waals surface area contributed by atoms with Crippen molar-refractivity contribution < 1.29 is 9.21 Å². The van der Waals surface area contributed by atoms with Gasteiger partial charge in [-0.3, -0.25) is 4.79 Å². The van der Waals surface area contributed by atoms with Crippen molar-refractivity contribution in [2.24, 2.45) is 0 Å². The zero-order chi connectivity index (χ0) is 8.39. The third-order valence-corrected chi connectivity index (χ3v) is 2.27. The number of rotatable bonds is 2. The SMILES string of the molecule is O=Cc1cc(-c2ccsc2)co1. The summed E-state index contributed by atoms with van der Waals surface area (Å²) in [7, 11) is 0. The molecule has 0 amide bonds. The molecule has 12 heavy (non-hydrogen) atoms. The fourth-order valence-corrected chi connectivity index (χ4v) is 1.66. The molecule has 0 fully saturated rings. The van der Waals surface area contributed by atoms with Crippen molar-refractivity contribution in [1.29, 1.82) is 0 Å². The van der Waals surface area contributed by atoms with E-state index in [1.807, 2.05) is 16.8 Å². The fourth-order valence-electron chi connectivity index (χ4n) is 0.995. The summed E-state index contributed by atoms with van der Waals surface area (Å²) in [5.41, 5.74) is 2.05. The Kier molecular flexibility index (Phi) is 1.80. The van der Waals surface area contributed by atoms with E-state index in [-0.39, 0.29) is 0 Å². The van der Waals surface area contributed by atoms with Crippen LogP contribution in [0, 0.1) is 0 Å². The topological polar surface area (TPSA) is 30.2 Å². The van der Waals surface area contributed by atoms with Crippen molar-refractivity contribution in [1.82, 2.24) is 0 Å². The van der Waals surface area contributed by atoms with E-state index in [4.69, 9.17) is 4.42 Å². The molecular formula is C9H6O2S. The van der Waals surface area contributed by atoms with Gasteiger partial charge in [-0.15, -0.1) is 0 Å². The average Bonchev–Trinajstić information content (AvgIpc) is 2.75.